The summed E-state index contributed by atoms with van der Waals surface area (Å²) in [7, 11) is 0. The highest BCUT2D eigenvalue weighted by Gasteiger charge is 1.95. The van der Waals surface area contributed by atoms with E-state index < -0.39 is 5.97 Å². The Balaban J connectivity index is 0.000000437. The molecular weight excluding hydrogens is 214 g/mol. The van der Waals surface area contributed by atoms with Gasteiger partial charge in [0.25, 0.3) is 0 Å². The number of hydrogen-bond acceptors (Lipinski definition) is 2. The minimum absolute atomic E-state index is 0. The Morgan fingerprint density at radius 2 is 1.76 bits per heavy atom. The summed E-state index contributed by atoms with van der Waals surface area (Å²) >= 11 is 0. The van der Waals surface area contributed by atoms with E-state index in [9.17, 15) is 4.79 Å². The largest absolute Gasteiger partial charge is 0.478 e. The van der Waals surface area contributed by atoms with E-state index in [0.29, 0.717) is 0 Å². The molecule has 0 radical (unpaired) electrons. The summed E-state index contributed by atoms with van der Waals surface area (Å²) in [4.78, 5) is 10.2. The molecule has 3 N–H and O–H groups in total. The third-order valence-corrected chi connectivity index (χ3v) is 1.59. The Morgan fingerprint density at radius 1 is 1.29 bits per heavy atom. The molecule has 0 unspecified atom stereocenters. The summed E-state index contributed by atoms with van der Waals surface area (Å²) in [6.07, 6.45) is 2.74. The summed E-state index contributed by atoms with van der Waals surface area (Å²) in [5.41, 5.74) is 7.38. The fourth-order valence-corrected chi connectivity index (χ4v) is 0.935. The molecule has 0 aliphatic rings. The van der Waals surface area contributed by atoms with E-state index in [1.165, 1.54) is 0 Å². The summed E-state index contributed by atoms with van der Waals surface area (Å²) in [5.74, 6) is -0.918. The summed E-state index contributed by atoms with van der Waals surface area (Å²) < 4.78 is 0. The predicted molar refractivity (Wildman–Crippen MR) is 71.8 cm³/mol. The van der Waals surface area contributed by atoms with E-state index in [-0.39, 0.29) is 5.54 Å². The van der Waals surface area contributed by atoms with Gasteiger partial charge in [0, 0.05) is 11.6 Å². The maximum Gasteiger partial charge on any atom is 0.328 e. The molecule has 0 bridgehead atoms. The molecule has 0 saturated carbocycles. The Kier molecular flexibility index (Phi) is 6.21. The van der Waals surface area contributed by atoms with Crippen molar-refractivity contribution in [2.24, 2.45) is 5.73 Å². The van der Waals surface area contributed by atoms with Crippen LogP contribution in [0.4, 0.5) is 0 Å². The van der Waals surface area contributed by atoms with Gasteiger partial charge in [-0.2, -0.15) is 0 Å². The van der Waals surface area contributed by atoms with E-state index >= 15 is 0 Å². The second kappa shape index (κ2) is 6.86. The van der Waals surface area contributed by atoms with Gasteiger partial charge in [-0.1, -0.05) is 24.3 Å². The average molecular weight is 235 g/mol. The van der Waals surface area contributed by atoms with Gasteiger partial charge < -0.3 is 10.8 Å². The quantitative estimate of drug-likeness (QED) is 0.775. The molecule has 1 rings (SSSR count). The molecule has 0 spiro atoms. The number of nitrogens with two attached hydrogens (primary N) is 1. The van der Waals surface area contributed by atoms with Crippen molar-refractivity contribution in [3.8, 4) is 0 Å². The number of carboxylic acid groups (broad SMARTS) is 1. The molecule has 0 saturated heterocycles. The van der Waals surface area contributed by atoms with Crippen molar-refractivity contribution in [2.45, 2.75) is 33.2 Å². The first kappa shape index (κ1) is 15.4. The molecule has 0 aliphatic carbocycles. The van der Waals surface area contributed by atoms with E-state index in [1.54, 1.807) is 6.08 Å². The highest BCUT2D eigenvalue weighted by Crippen LogP contribution is 2.08. The van der Waals surface area contributed by atoms with Crippen LogP contribution in [0.5, 0.6) is 0 Å². The molecule has 3 nitrogen and oxygen atoms in total. The highest BCUT2D eigenvalue weighted by molar-refractivity contribution is 5.85. The molecule has 94 valence electrons. The fraction of sp³-hybridized carbons (Fsp3) is 0.357. The third-order valence-electron chi connectivity index (χ3n) is 1.59. The van der Waals surface area contributed by atoms with Crippen LogP contribution in [0.15, 0.2) is 30.3 Å². The standard InChI is InChI=1S/C10H10O2.C4H11N/c1-8-4-2-3-5-9(8)6-7-10(11)12;1-4(2,3)5/h2-7H,1H3,(H,11,12);5H2,1-3H3/b7-6+;. The van der Waals surface area contributed by atoms with E-state index in [0.717, 1.165) is 17.2 Å². The lowest BCUT2D eigenvalue weighted by Gasteiger charge is -2.06. The number of benzene rings is 1. The zero-order chi connectivity index (χ0) is 13.5. The summed E-state index contributed by atoms with van der Waals surface area (Å²) in [5, 5.41) is 8.38. The van der Waals surface area contributed by atoms with Gasteiger partial charge in [0.2, 0.25) is 0 Å². The lowest BCUT2D eigenvalue weighted by Crippen LogP contribution is -2.26. The van der Waals surface area contributed by atoms with E-state index in [2.05, 4.69) is 0 Å². The Morgan fingerprint density at radius 3 is 2.18 bits per heavy atom. The maximum atomic E-state index is 10.2. The fourth-order valence-electron chi connectivity index (χ4n) is 0.935. The zero-order valence-corrected chi connectivity index (χ0v) is 10.9. The number of aliphatic carboxylic acids is 1. The smallest absolute Gasteiger partial charge is 0.328 e. The Bertz CT molecular complexity index is 383. The van der Waals surface area contributed by atoms with E-state index in [4.69, 9.17) is 10.8 Å². The van der Waals surface area contributed by atoms with Crippen molar-refractivity contribution in [1.29, 1.82) is 0 Å². The van der Waals surface area contributed by atoms with Crippen LogP contribution in [-0.2, 0) is 4.79 Å². The van der Waals surface area contributed by atoms with Crippen molar-refractivity contribution in [3.05, 3.63) is 41.5 Å². The number of hydrogen-bond donors (Lipinski definition) is 2. The lowest BCUT2D eigenvalue weighted by atomic mass is 10.1. The Labute approximate surface area is 103 Å². The molecule has 0 aromatic heterocycles. The summed E-state index contributed by atoms with van der Waals surface area (Å²) in [6, 6.07) is 7.64. The molecule has 0 aliphatic heterocycles. The van der Waals surface area contributed by atoms with Crippen LogP contribution < -0.4 is 5.73 Å². The van der Waals surface area contributed by atoms with Gasteiger partial charge in [-0.25, -0.2) is 4.79 Å². The molecule has 1 aromatic carbocycles. The van der Waals surface area contributed by atoms with Gasteiger partial charge in [0.05, 0.1) is 0 Å². The van der Waals surface area contributed by atoms with Crippen molar-refractivity contribution >= 4 is 12.0 Å². The number of carbonyl (C=O) groups is 1. The van der Waals surface area contributed by atoms with Crippen LogP contribution in [0, 0.1) is 6.92 Å². The first-order valence-electron chi connectivity index (χ1n) is 5.45. The molecule has 0 amide bonds. The molecule has 0 atom stereocenters. The number of rotatable bonds is 2. The van der Waals surface area contributed by atoms with Crippen LogP contribution in [0.2, 0.25) is 0 Å². The second-order valence-corrected chi connectivity index (χ2v) is 4.89. The van der Waals surface area contributed by atoms with E-state index in [1.807, 2.05) is 52.0 Å². The van der Waals surface area contributed by atoms with Gasteiger partial charge in [-0.15, -0.1) is 0 Å². The number of carboxylic acids is 1. The van der Waals surface area contributed by atoms with Gasteiger partial charge >= 0.3 is 5.97 Å². The van der Waals surface area contributed by atoms with Gasteiger partial charge in [-0.3, -0.25) is 0 Å². The van der Waals surface area contributed by atoms with Crippen molar-refractivity contribution < 1.29 is 9.90 Å². The minimum Gasteiger partial charge on any atom is -0.478 e. The van der Waals surface area contributed by atoms with Gasteiger partial charge in [0.1, 0.15) is 0 Å². The molecule has 0 heterocycles. The first-order valence-corrected chi connectivity index (χ1v) is 5.45. The molecule has 17 heavy (non-hydrogen) atoms. The van der Waals surface area contributed by atoms with Crippen LogP contribution in [0.3, 0.4) is 0 Å². The topological polar surface area (TPSA) is 63.3 Å². The lowest BCUT2D eigenvalue weighted by molar-refractivity contribution is -0.131. The van der Waals surface area contributed by atoms with Crippen molar-refractivity contribution in [2.75, 3.05) is 0 Å². The van der Waals surface area contributed by atoms with Gasteiger partial charge in [0.15, 0.2) is 0 Å². The molecule has 0 fully saturated rings. The first-order chi connectivity index (χ1) is 7.70. The third kappa shape index (κ3) is 10.7. The van der Waals surface area contributed by atoms with Gasteiger partial charge in [-0.05, 0) is 44.9 Å². The highest BCUT2D eigenvalue weighted by atomic mass is 16.4. The number of aryl methyl sites for hydroxylation is 1. The molecule has 1 aromatic rings. The Hall–Kier alpha value is -1.61. The maximum absolute atomic E-state index is 10.2. The summed E-state index contributed by atoms with van der Waals surface area (Å²) in [6.45, 7) is 7.84. The monoisotopic (exact) mass is 235 g/mol. The van der Waals surface area contributed by atoms with Crippen molar-refractivity contribution in [3.63, 3.8) is 0 Å². The van der Waals surface area contributed by atoms with Crippen molar-refractivity contribution in [1.82, 2.24) is 0 Å². The normalized spacial score (nSPS) is 10.9. The predicted octanol–water partition coefficient (Wildman–Crippen LogP) is 2.84. The second-order valence-electron chi connectivity index (χ2n) is 4.89. The molecular formula is C14H21NO2. The SMILES string of the molecule is CC(C)(C)N.Cc1ccccc1/C=C/C(=O)O. The van der Waals surface area contributed by atoms with Crippen LogP contribution in [-0.4, -0.2) is 16.6 Å². The van der Waals surface area contributed by atoms with Crippen LogP contribution in [0.25, 0.3) is 6.08 Å². The van der Waals surface area contributed by atoms with Crippen LogP contribution in [0.1, 0.15) is 31.9 Å². The zero-order valence-electron chi connectivity index (χ0n) is 10.9. The minimum atomic E-state index is -0.918. The molecule has 3 heteroatoms. The van der Waals surface area contributed by atoms with Crippen LogP contribution >= 0.6 is 0 Å². The average Bonchev–Trinajstić information content (AvgIpc) is 2.13.